The summed E-state index contributed by atoms with van der Waals surface area (Å²) in [5, 5.41) is 34.4. The summed E-state index contributed by atoms with van der Waals surface area (Å²) in [6.45, 7) is 11.6. The largest absolute Gasteiger partial charge is 0.478 e. The Morgan fingerprint density at radius 3 is 1.61 bits per heavy atom. The number of hydrogen-bond donors (Lipinski definition) is 3. The van der Waals surface area contributed by atoms with Crippen molar-refractivity contribution < 1.29 is 42.9 Å². The Kier molecular flexibility index (Phi) is 18.5. The number of likely N-dealkylation sites (tertiary alicyclic amines) is 2. The molecule has 9 aliphatic carbocycles. The van der Waals surface area contributed by atoms with E-state index in [0.29, 0.717) is 80.0 Å². The Hall–Kier alpha value is -8.62. The Balaban J connectivity index is 0.637. The number of hydrogen-bond acceptors (Lipinski definition) is 9. The van der Waals surface area contributed by atoms with E-state index in [4.69, 9.17) is 0 Å². The maximum atomic E-state index is 15.4. The van der Waals surface area contributed by atoms with Gasteiger partial charge >= 0.3 is 17.9 Å². The first-order chi connectivity index (χ1) is 55.5. The number of rotatable bonds is 14. The van der Waals surface area contributed by atoms with E-state index in [2.05, 4.69) is 122 Å². The van der Waals surface area contributed by atoms with E-state index < -0.39 is 30.0 Å². The molecule has 4 aromatic heterocycles. The molecule has 0 aromatic carbocycles. The third-order valence-corrected chi connectivity index (χ3v) is 30.5. The first-order valence-electron chi connectivity index (χ1n) is 43.7. The maximum absolute atomic E-state index is 15.4. The summed E-state index contributed by atoms with van der Waals surface area (Å²) in [4.78, 5) is 54.0. The zero-order chi connectivity index (χ0) is 77.1. The number of halogens is 3. The number of carboxylic acids is 3. The summed E-state index contributed by atoms with van der Waals surface area (Å²) in [5.74, 6) is -3.87. The average molecular weight is 1540 g/mol. The van der Waals surface area contributed by atoms with Crippen molar-refractivity contribution in [2.24, 2.45) is 23.7 Å². The highest BCUT2D eigenvalue weighted by Crippen LogP contribution is 2.57. The molecule has 21 rings (SSSR count). The van der Waals surface area contributed by atoms with Crippen LogP contribution in [0.2, 0.25) is 0 Å². The van der Waals surface area contributed by atoms with Gasteiger partial charge in [0, 0.05) is 192 Å². The lowest BCUT2D eigenvalue weighted by Gasteiger charge is -2.41. The Bertz CT molecular complexity index is 5240. The molecule has 5 atom stereocenters. The minimum Gasteiger partial charge on any atom is -0.478 e. The number of piperidine rings is 1. The zero-order valence-electron chi connectivity index (χ0n) is 66.1. The number of carbonyl (C=O) groups is 3. The number of likely N-dealkylation sites (N-methyl/N-ethyl adjacent to an activating group) is 1. The van der Waals surface area contributed by atoms with Gasteiger partial charge in [0.2, 0.25) is 0 Å². The fraction of sp³-hybridized carbons (Fsp3) is 0.526. The third-order valence-electron chi connectivity index (χ3n) is 30.5. The predicted molar refractivity (Wildman–Crippen MR) is 439 cm³/mol. The van der Waals surface area contributed by atoms with Gasteiger partial charge in [-0.05, 0) is 233 Å². The van der Waals surface area contributed by atoms with E-state index in [1.165, 1.54) is 137 Å². The van der Waals surface area contributed by atoms with Gasteiger partial charge in [0.05, 0.1) is 51.2 Å². The Morgan fingerprint density at radius 1 is 0.482 bits per heavy atom. The van der Waals surface area contributed by atoms with E-state index in [0.717, 1.165) is 174 Å². The number of aryl methyl sites for hydroxylation is 1. The molecule has 596 valence electrons. The molecule has 12 heterocycles. The van der Waals surface area contributed by atoms with E-state index >= 15 is 4.39 Å². The number of aromatic nitrogens is 4. The molecule has 4 aromatic rings. The number of carboxylic acid groups (broad SMARTS) is 3. The van der Waals surface area contributed by atoms with Crippen LogP contribution in [0.5, 0.6) is 0 Å². The molecule has 0 amide bonds. The van der Waals surface area contributed by atoms with Gasteiger partial charge in [-0.25, -0.2) is 27.6 Å². The van der Waals surface area contributed by atoms with Gasteiger partial charge in [0.25, 0.3) is 5.92 Å². The SMILES string of the molecule is CN1CCN(Cc2cn3c4c2C=CCC4=C2C(C4CCC(C5CCn6c7c(c(C8CCC(C9CCN%10C(=C%11CC=Cc%12c(CN%13CCC(F)(F)CC%13)cn9c%12%11)C(C9CCCCC9)=C9C=CC(C(=O)O)=CC9%10)CC8)c6=C6CC=Cc8c(CN9CC[C@@H](F)C9)cn5c86)CC=C(C(=O)O)C=7)CC4)=C4C=CC(C(=O)O)=CC4N2CCC3)CC1. The maximum Gasteiger partial charge on any atom is 0.335 e. The van der Waals surface area contributed by atoms with E-state index in [1.807, 2.05) is 36.5 Å². The molecular formula is C95H109F3N10O6. The lowest BCUT2D eigenvalue weighted by atomic mass is 9.72. The molecule has 3 N–H and O–H groups in total. The molecule has 0 spiro atoms. The van der Waals surface area contributed by atoms with Crippen molar-refractivity contribution in [1.29, 1.82) is 0 Å². The number of piperazine rings is 1. The topological polar surface area (TPSA) is 151 Å². The normalized spacial score (nSPS) is 29.4. The fourth-order valence-corrected chi connectivity index (χ4v) is 25.1. The van der Waals surface area contributed by atoms with Crippen LogP contribution in [0.25, 0.3) is 41.0 Å². The van der Waals surface area contributed by atoms with Crippen LogP contribution >= 0.6 is 0 Å². The van der Waals surface area contributed by atoms with Crippen LogP contribution in [0.3, 0.4) is 0 Å². The zero-order valence-corrected chi connectivity index (χ0v) is 66.1. The average Bonchev–Trinajstić information content (AvgIpc) is 1.56. The van der Waals surface area contributed by atoms with Crippen LogP contribution in [0.15, 0.2) is 130 Å². The number of nitrogens with zero attached hydrogens (tertiary/aromatic N) is 10. The summed E-state index contributed by atoms with van der Waals surface area (Å²) in [5.41, 5.74) is 27.1. The molecule has 8 aliphatic heterocycles. The van der Waals surface area contributed by atoms with Crippen molar-refractivity contribution in [3.05, 3.63) is 202 Å². The second-order valence-electron chi connectivity index (χ2n) is 36.8. The molecule has 3 saturated carbocycles. The van der Waals surface area contributed by atoms with Gasteiger partial charge in [0.1, 0.15) is 6.17 Å². The van der Waals surface area contributed by atoms with Gasteiger partial charge < -0.3 is 48.3 Å². The highest BCUT2D eigenvalue weighted by atomic mass is 19.3. The quantitative estimate of drug-likeness (QED) is 0.110. The number of aliphatic carboxylic acids is 3. The van der Waals surface area contributed by atoms with E-state index in [-0.39, 0.29) is 48.8 Å². The lowest BCUT2D eigenvalue weighted by Crippen LogP contribution is -2.43. The molecule has 16 nitrogen and oxygen atoms in total. The van der Waals surface area contributed by atoms with Crippen LogP contribution in [-0.4, -0.2) is 178 Å². The van der Waals surface area contributed by atoms with Gasteiger partial charge in [0.15, 0.2) is 0 Å². The molecular weight excluding hydrogens is 1430 g/mol. The number of allylic oxidation sites excluding steroid dienone is 8. The van der Waals surface area contributed by atoms with Gasteiger partial charge in [-0.3, -0.25) is 14.7 Å². The number of fused-ring (bicyclic) bond motifs is 9. The summed E-state index contributed by atoms with van der Waals surface area (Å²) in [6, 6.07) is -0.0768. The van der Waals surface area contributed by atoms with Crippen LogP contribution in [0.1, 0.15) is 221 Å². The lowest BCUT2D eigenvalue weighted by molar-refractivity contribution is -0.133. The summed E-state index contributed by atoms with van der Waals surface area (Å²) >= 11 is 0. The third kappa shape index (κ3) is 12.4. The molecule has 0 bridgehead atoms. The molecule has 17 aliphatic rings. The van der Waals surface area contributed by atoms with Crippen molar-refractivity contribution in [1.82, 2.24) is 47.7 Å². The smallest absolute Gasteiger partial charge is 0.335 e. The highest BCUT2D eigenvalue weighted by molar-refractivity contribution is 5.97. The fourth-order valence-electron chi connectivity index (χ4n) is 25.1. The van der Waals surface area contributed by atoms with E-state index in [1.54, 1.807) is 0 Å². The highest BCUT2D eigenvalue weighted by Gasteiger charge is 2.49. The molecule has 19 heteroatoms. The monoisotopic (exact) mass is 1540 g/mol. The van der Waals surface area contributed by atoms with Gasteiger partial charge in [-0.1, -0.05) is 73.9 Å². The van der Waals surface area contributed by atoms with Crippen molar-refractivity contribution in [2.45, 2.75) is 223 Å². The first-order valence-corrected chi connectivity index (χ1v) is 43.7. The molecule has 4 unspecified atom stereocenters. The van der Waals surface area contributed by atoms with Crippen molar-refractivity contribution in [3.8, 4) is 0 Å². The van der Waals surface area contributed by atoms with Crippen molar-refractivity contribution in [3.63, 3.8) is 0 Å². The Labute approximate surface area is 666 Å². The van der Waals surface area contributed by atoms with Gasteiger partial charge in [-0.2, -0.15) is 0 Å². The summed E-state index contributed by atoms with van der Waals surface area (Å²) in [6.07, 6.45) is 56.2. The van der Waals surface area contributed by atoms with Crippen LogP contribution < -0.4 is 10.7 Å². The van der Waals surface area contributed by atoms with Crippen molar-refractivity contribution in [2.75, 3.05) is 72.5 Å². The van der Waals surface area contributed by atoms with Gasteiger partial charge in [-0.15, -0.1) is 0 Å². The second-order valence-corrected chi connectivity index (χ2v) is 36.8. The van der Waals surface area contributed by atoms with E-state index in [9.17, 15) is 38.5 Å². The summed E-state index contributed by atoms with van der Waals surface area (Å²) < 4.78 is 55.7. The Morgan fingerprint density at radius 2 is 1.01 bits per heavy atom. The molecule has 114 heavy (non-hydrogen) atoms. The summed E-state index contributed by atoms with van der Waals surface area (Å²) in [7, 11) is 2.22. The number of alkyl halides is 3. The van der Waals surface area contributed by atoms with Crippen LogP contribution in [0, 0.1) is 23.7 Å². The molecule has 6 fully saturated rings. The minimum atomic E-state index is -2.65. The predicted octanol–water partition coefficient (Wildman–Crippen LogP) is 15.1. The van der Waals surface area contributed by atoms with Crippen LogP contribution in [-0.2, 0) is 53.5 Å². The second kappa shape index (κ2) is 28.9. The van der Waals surface area contributed by atoms with Crippen molar-refractivity contribution >= 4 is 58.9 Å². The standard InChI is InChI=1S/C95H109F3N10O6/c1-99-43-45-101(46-44-99)50-65-53-103-36-8-37-104-80-47-62(92(109)110)25-28-72(80)84(89(104)75-14-5-11-69(65)86(75)103)60-21-17-58(18-22-60)79-33-40-106-82-49-64(94(113)114)27-30-74(82)85(91(106)77-16-7-13-71-67(55-108(79)88(71)77)52-102-38-31-68(96)56-102)61-23-19-57(20-24-61)78-32-39-105-81-48-63(93(111)112)26-29-73(81)83(59-9-3-2-4-10-59)90(105)76-15-6-12-70-66(54-107(78)87(70)76)51-100-41-34-95(97,98)35-42-100/h5-7,11-13,25-29,47-49,53-55,57-61,68,78-81H,2-4,8-10,14-24,30-46,50-52,56H2,1H3,(H,109,110)(H,111,112)(H,113,114)/t57?,58?,60?,61?,68-,78?,79?,80?,81?/m1/s1. The van der Waals surface area contributed by atoms with Crippen LogP contribution in [0.4, 0.5) is 13.2 Å². The first kappa shape index (κ1) is 73.0. The minimum absolute atomic E-state index is 0.118. The molecule has 3 saturated heterocycles. The molecule has 0 radical (unpaired) electrons.